The summed E-state index contributed by atoms with van der Waals surface area (Å²) in [7, 11) is 0. The van der Waals surface area contributed by atoms with Gasteiger partial charge in [0.1, 0.15) is 0 Å². The third kappa shape index (κ3) is 5.77. The quantitative estimate of drug-likeness (QED) is 0.290. The van der Waals surface area contributed by atoms with Gasteiger partial charge >= 0.3 is 0 Å². The third-order valence-electron chi connectivity index (χ3n) is 2.89. The van der Waals surface area contributed by atoms with E-state index >= 15 is 0 Å². The van der Waals surface area contributed by atoms with E-state index < -0.39 is 34.6 Å². The van der Waals surface area contributed by atoms with Gasteiger partial charge < -0.3 is 10.4 Å². The van der Waals surface area contributed by atoms with E-state index in [1.54, 1.807) is 26.0 Å². The van der Waals surface area contributed by atoms with Gasteiger partial charge in [0.05, 0.1) is 24.5 Å². The van der Waals surface area contributed by atoms with Crippen LogP contribution in [0, 0.1) is 17.5 Å². The number of hydrogen-bond donors (Lipinski definition) is 3. The predicted molar refractivity (Wildman–Crippen MR) is 88.2 cm³/mol. The highest BCUT2D eigenvalue weighted by atomic mass is 19.2. The molecule has 0 aromatic heterocycles. The van der Waals surface area contributed by atoms with Gasteiger partial charge in [0, 0.05) is 5.70 Å². The van der Waals surface area contributed by atoms with Gasteiger partial charge in [0.2, 0.25) is 0 Å². The molecular weight excluding hydrogens is 337 g/mol. The molecule has 0 aliphatic rings. The zero-order chi connectivity index (χ0) is 19.0. The molecule has 0 radical (unpaired) electrons. The van der Waals surface area contributed by atoms with E-state index in [1.807, 2.05) is 5.48 Å². The number of hydrogen-bond acceptors (Lipinski definition) is 4. The first-order chi connectivity index (χ1) is 11.8. The maximum absolute atomic E-state index is 14.2. The smallest absolute Gasteiger partial charge is 0.277 e. The Balaban J connectivity index is 3.25. The summed E-state index contributed by atoms with van der Waals surface area (Å²) < 4.78 is 41.2. The van der Waals surface area contributed by atoms with Crippen molar-refractivity contribution in [2.24, 2.45) is 0 Å². The van der Waals surface area contributed by atoms with Crippen LogP contribution in [0.4, 0.5) is 18.9 Å². The number of nitrogens with one attached hydrogen (secondary N) is 2. The maximum atomic E-state index is 14.2. The number of amides is 1. The Morgan fingerprint density at radius 1 is 1.32 bits per heavy atom. The number of hydroxylamine groups is 1. The summed E-state index contributed by atoms with van der Waals surface area (Å²) in [4.78, 5) is 16.6. The van der Waals surface area contributed by atoms with E-state index in [0.29, 0.717) is 17.3 Å². The highest BCUT2D eigenvalue weighted by Gasteiger charge is 2.23. The van der Waals surface area contributed by atoms with Crippen molar-refractivity contribution >= 4 is 11.6 Å². The van der Waals surface area contributed by atoms with Crippen LogP contribution in [-0.2, 0) is 4.84 Å². The van der Waals surface area contributed by atoms with Crippen molar-refractivity contribution in [1.82, 2.24) is 5.48 Å². The van der Waals surface area contributed by atoms with Gasteiger partial charge in [-0.2, -0.15) is 0 Å². The van der Waals surface area contributed by atoms with E-state index in [0.717, 1.165) is 0 Å². The number of benzene rings is 1. The molecule has 0 fully saturated rings. The topological polar surface area (TPSA) is 70.6 Å². The summed E-state index contributed by atoms with van der Waals surface area (Å²) >= 11 is 0. The van der Waals surface area contributed by atoms with Gasteiger partial charge in [-0.3, -0.25) is 9.63 Å². The molecule has 1 rings (SSSR count). The van der Waals surface area contributed by atoms with Crippen LogP contribution in [0.2, 0.25) is 0 Å². The molecular formula is C17H19F3N2O3. The average molecular weight is 356 g/mol. The van der Waals surface area contributed by atoms with Crippen LogP contribution >= 0.6 is 0 Å². The van der Waals surface area contributed by atoms with Crippen molar-refractivity contribution < 1.29 is 27.9 Å². The monoisotopic (exact) mass is 356 g/mol. The molecule has 8 heteroatoms. The largest absolute Gasteiger partial charge is 0.394 e. The molecule has 0 bridgehead atoms. The summed E-state index contributed by atoms with van der Waals surface area (Å²) in [5.41, 5.74) is 1.90. The molecule has 5 nitrogen and oxygen atoms in total. The van der Waals surface area contributed by atoms with Crippen LogP contribution in [0.25, 0.3) is 0 Å². The number of carbonyl (C=O) groups is 1. The SMILES string of the molecule is C=C(C)/C=C\C(=C/C)Nc1c(C(=O)NOCCO)cc(F)c(F)c1F. The standard InChI is InChI=1S/C17H19F3N2O3/c1-4-11(6-5-10(2)3)21-16-12(17(24)22-25-8-7-23)9-13(18)14(19)15(16)20/h4-6,9,21,23H,2,7-8H2,1,3H3,(H,22,24)/b6-5-,11-4+. The molecule has 136 valence electrons. The van der Waals surface area contributed by atoms with Crippen molar-refractivity contribution in [1.29, 1.82) is 0 Å². The normalized spacial score (nSPS) is 11.7. The molecule has 0 spiro atoms. The van der Waals surface area contributed by atoms with Gasteiger partial charge in [-0.15, -0.1) is 0 Å². The molecule has 1 amide bonds. The van der Waals surface area contributed by atoms with Crippen LogP contribution in [0.15, 0.2) is 42.1 Å². The zero-order valence-electron chi connectivity index (χ0n) is 13.8. The lowest BCUT2D eigenvalue weighted by atomic mass is 10.1. The zero-order valence-corrected chi connectivity index (χ0v) is 13.8. The second kappa shape index (κ2) is 9.65. The van der Waals surface area contributed by atoms with E-state index in [9.17, 15) is 18.0 Å². The molecule has 0 heterocycles. The van der Waals surface area contributed by atoms with Crippen LogP contribution in [0.5, 0.6) is 0 Å². The molecule has 0 unspecified atom stereocenters. The minimum Gasteiger partial charge on any atom is -0.394 e. The number of anilines is 1. The lowest BCUT2D eigenvalue weighted by molar-refractivity contribution is 0.0168. The van der Waals surface area contributed by atoms with E-state index in [2.05, 4.69) is 16.7 Å². The molecule has 0 aliphatic carbocycles. The molecule has 0 saturated carbocycles. The minimum atomic E-state index is -1.71. The summed E-state index contributed by atoms with van der Waals surface area (Å²) in [5, 5.41) is 11.1. The molecule has 25 heavy (non-hydrogen) atoms. The molecule has 0 saturated heterocycles. The molecule has 0 atom stereocenters. The van der Waals surface area contributed by atoms with Gasteiger partial charge in [0.25, 0.3) is 5.91 Å². The lowest BCUT2D eigenvalue weighted by Crippen LogP contribution is -2.27. The average Bonchev–Trinajstić information content (AvgIpc) is 2.57. The Hall–Kier alpha value is -2.58. The van der Waals surface area contributed by atoms with Crippen LogP contribution < -0.4 is 10.8 Å². The second-order valence-electron chi connectivity index (χ2n) is 4.96. The Labute approximate surface area is 143 Å². The van der Waals surface area contributed by atoms with Crippen LogP contribution in [0.3, 0.4) is 0 Å². The number of allylic oxidation sites excluding steroid dienone is 4. The highest BCUT2D eigenvalue weighted by molar-refractivity contribution is 5.99. The fourth-order valence-corrected chi connectivity index (χ4v) is 1.70. The van der Waals surface area contributed by atoms with Crippen LogP contribution in [-0.4, -0.2) is 24.2 Å². The van der Waals surface area contributed by atoms with E-state index in [1.165, 1.54) is 6.08 Å². The van der Waals surface area contributed by atoms with Gasteiger partial charge in [-0.05, 0) is 26.0 Å². The van der Waals surface area contributed by atoms with E-state index in [-0.39, 0.29) is 13.2 Å². The Morgan fingerprint density at radius 2 is 2.00 bits per heavy atom. The second-order valence-corrected chi connectivity index (χ2v) is 4.96. The first kappa shape index (κ1) is 20.5. The predicted octanol–water partition coefficient (Wildman–Crippen LogP) is 3.21. The maximum Gasteiger partial charge on any atom is 0.277 e. The number of aliphatic hydroxyl groups is 1. The number of rotatable bonds is 8. The number of aliphatic hydroxyl groups excluding tert-OH is 1. The molecule has 0 aliphatic heterocycles. The summed E-state index contributed by atoms with van der Waals surface area (Å²) in [6, 6.07) is 0.550. The summed E-state index contributed by atoms with van der Waals surface area (Å²) in [6.45, 7) is 6.45. The fraction of sp³-hybridized carbons (Fsp3) is 0.235. The fourth-order valence-electron chi connectivity index (χ4n) is 1.70. The molecule has 1 aromatic carbocycles. The lowest BCUT2D eigenvalue weighted by Gasteiger charge is -2.14. The van der Waals surface area contributed by atoms with Crippen molar-refractivity contribution in [2.75, 3.05) is 18.5 Å². The van der Waals surface area contributed by atoms with Crippen LogP contribution in [0.1, 0.15) is 24.2 Å². The highest BCUT2D eigenvalue weighted by Crippen LogP contribution is 2.27. The Morgan fingerprint density at radius 3 is 2.56 bits per heavy atom. The van der Waals surface area contributed by atoms with Crippen molar-refractivity contribution in [3.63, 3.8) is 0 Å². The Bertz CT molecular complexity index is 716. The summed E-state index contributed by atoms with van der Waals surface area (Å²) in [5.74, 6) is -5.78. The van der Waals surface area contributed by atoms with Gasteiger partial charge in [0.15, 0.2) is 17.5 Å². The minimum absolute atomic E-state index is 0.220. The van der Waals surface area contributed by atoms with Crippen molar-refractivity contribution in [3.05, 3.63) is 65.2 Å². The summed E-state index contributed by atoms with van der Waals surface area (Å²) in [6.07, 6.45) is 4.70. The number of halogens is 3. The Kier molecular flexibility index (Phi) is 7.90. The number of carbonyl (C=O) groups excluding carboxylic acids is 1. The van der Waals surface area contributed by atoms with Crippen molar-refractivity contribution in [3.8, 4) is 0 Å². The van der Waals surface area contributed by atoms with E-state index in [4.69, 9.17) is 5.11 Å². The van der Waals surface area contributed by atoms with Gasteiger partial charge in [-0.1, -0.05) is 24.3 Å². The molecule has 1 aromatic rings. The van der Waals surface area contributed by atoms with Gasteiger partial charge in [-0.25, -0.2) is 18.7 Å². The first-order valence-corrected chi connectivity index (χ1v) is 7.29. The first-order valence-electron chi connectivity index (χ1n) is 7.29. The third-order valence-corrected chi connectivity index (χ3v) is 2.89. The molecule has 3 N–H and O–H groups in total. The van der Waals surface area contributed by atoms with Crippen molar-refractivity contribution in [2.45, 2.75) is 13.8 Å².